The molecule has 6 heteroatoms. The first kappa shape index (κ1) is 27.0. The molecule has 0 bridgehead atoms. The van der Waals surface area contributed by atoms with Crippen molar-refractivity contribution < 1.29 is 24.5 Å². The number of ketones is 1. The van der Waals surface area contributed by atoms with Crippen molar-refractivity contribution in [1.82, 2.24) is 4.98 Å². The number of allylic oxidation sites excluding steroid dienone is 3. The number of nitrogens with zero attached hydrogens (tertiary/aromatic N) is 1. The molecule has 1 unspecified atom stereocenters. The van der Waals surface area contributed by atoms with Crippen LogP contribution in [0.1, 0.15) is 60.3 Å². The van der Waals surface area contributed by atoms with Crippen molar-refractivity contribution in [2.75, 3.05) is 0 Å². The van der Waals surface area contributed by atoms with Crippen LogP contribution in [-0.2, 0) is 14.3 Å². The van der Waals surface area contributed by atoms with E-state index in [1.165, 1.54) is 0 Å². The van der Waals surface area contributed by atoms with Crippen LogP contribution in [0.15, 0.2) is 42.1 Å². The van der Waals surface area contributed by atoms with Gasteiger partial charge >= 0.3 is 5.97 Å². The Morgan fingerprint density at radius 2 is 1.83 bits per heavy atom. The number of hydrogen-bond donors (Lipinski definition) is 2. The Bertz CT molecular complexity index is 1100. The van der Waals surface area contributed by atoms with Gasteiger partial charge in [0, 0.05) is 24.5 Å². The summed E-state index contributed by atoms with van der Waals surface area (Å²) in [5.41, 5.74) is -0.172. The molecule has 190 valence electrons. The van der Waals surface area contributed by atoms with Gasteiger partial charge in [-0.1, -0.05) is 69.7 Å². The van der Waals surface area contributed by atoms with E-state index < -0.39 is 35.6 Å². The molecule has 0 spiro atoms. The third kappa shape index (κ3) is 6.56. The smallest absolute Gasteiger partial charge is 0.308 e. The first-order valence-corrected chi connectivity index (χ1v) is 12.6. The van der Waals surface area contributed by atoms with Gasteiger partial charge in [0.2, 0.25) is 0 Å². The van der Waals surface area contributed by atoms with Crippen LogP contribution in [0.4, 0.5) is 0 Å². The number of aromatic nitrogens is 1. The summed E-state index contributed by atoms with van der Waals surface area (Å²) in [6, 6.07) is 3.92. The second-order valence-electron chi connectivity index (χ2n) is 10.7. The highest BCUT2D eigenvalue weighted by molar-refractivity contribution is 5.88. The number of esters is 1. The fourth-order valence-corrected chi connectivity index (χ4v) is 4.85. The topological polar surface area (TPSA) is 96.7 Å². The van der Waals surface area contributed by atoms with E-state index in [-0.39, 0.29) is 24.0 Å². The lowest BCUT2D eigenvalue weighted by Gasteiger charge is -2.34. The van der Waals surface area contributed by atoms with Crippen molar-refractivity contribution in [3.63, 3.8) is 0 Å². The number of carbonyl (C=O) groups excluding carboxylic acids is 2. The first-order chi connectivity index (χ1) is 16.5. The molecule has 1 aromatic heterocycles. The third-order valence-corrected chi connectivity index (χ3v) is 7.51. The molecule has 1 aromatic rings. The number of Topliss-reactive ketones (excluding diaryl/α,β-unsaturated/α-hetero) is 1. The van der Waals surface area contributed by atoms with Gasteiger partial charge in [0.05, 0.1) is 29.4 Å². The Balaban J connectivity index is 1.91. The molecule has 0 saturated carbocycles. The zero-order chi connectivity index (χ0) is 25.8. The van der Waals surface area contributed by atoms with E-state index in [1.807, 2.05) is 38.1 Å². The maximum Gasteiger partial charge on any atom is 0.308 e. The van der Waals surface area contributed by atoms with Crippen LogP contribution >= 0.6 is 0 Å². The summed E-state index contributed by atoms with van der Waals surface area (Å²) in [7, 11) is 0. The fourth-order valence-electron chi connectivity index (χ4n) is 4.85. The lowest BCUT2D eigenvalue weighted by molar-refractivity contribution is -0.156. The van der Waals surface area contributed by atoms with E-state index in [9.17, 15) is 19.8 Å². The average Bonchev–Trinajstić information content (AvgIpc) is 2.84. The third-order valence-electron chi connectivity index (χ3n) is 7.51. The summed E-state index contributed by atoms with van der Waals surface area (Å²) in [5, 5.41) is 23.6. The van der Waals surface area contributed by atoms with Crippen molar-refractivity contribution in [3.05, 3.63) is 52.7 Å². The largest absolute Gasteiger partial charge is 0.461 e. The monoisotopic (exact) mass is 481 g/mol. The van der Waals surface area contributed by atoms with Crippen molar-refractivity contribution in [3.8, 4) is 0 Å². The Morgan fingerprint density at radius 3 is 2.57 bits per heavy atom. The molecule has 6 atom stereocenters. The predicted octanol–water partition coefficient (Wildman–Crippen LogP) is 2.85. The van der Waals surface area contributed by atoms with Gasteiger partial charge < -0.3 is 14.9 Å². The maximum atomic E-state index is 13.2. The number of hydrogen-bond acceptors (Lipinski definition) is 6. The fraction of sp³-hybridized carbons (Fsp3) is 0.552. The highest BCUT2D eigenvalue weighted by atomic mass is 16.5. The molecule has 0 radical (unpaired) electrons. The minimum Gasteiger partial charge on any atom is -0.461 e. The molecule has 1 aliphatic carbocycles. The molecular formula is C29H39NO5. The molecule has 6 nitrogen and oxygen atoms in total. The molecule has 0 saturated heterocycles. The summed E-state index contributed by atoms with van der Waals surface area (Å²) in [6.07, 6.45) is 11.1. The highest BCUT2D eigenvalue weighted by Crippen LogP contribution is 2.32. The van der Waals surface area contributed by atoms with Crippen LogP contribution in [0.5, 0.6) is 0 Å². The van der Waals surface area contributed by atoms with Crippen molar-refractivity contribution in [1.29, 1.82) is 0 Å². The molecule has 3 rings (SSSR count). The normalized spacial score (nSPS) is 34.9. The zero-order valence-corrected chi connectivity index (χ0v) is 21.5. The van der Waals surface area contributed by atoms with Gasteiger partial charge in [-0.2, -0.15) is 0 Å². The van der Waals surface area contributed by atoms with Crippen molar-refractivity contribution in [2.24, 2.45) is 23.2 Å². The second kappa shape index (κ2) is 11.4. The molecule has 0 fully saturated rings. The minimum absolute atomic E-state index is 0.0461. The molecule has 35 heavy (non-hydrogen) atoms. The van der Waals surface area contributed by atoms with Crippen molar-refractivity contribution >= 4 is 23.9 Å². The number of ether oxygens (including phenoxy) is 1. The van der Waals surface area contributed by atoms with E-state index in [2.05, 4.69) is 23.2 Å². The molecule has 2 N–H and O–H groups in total. The number of rotatable bonds is 1. The Hall–Kier alpha value is -2.57. The Morgan fingerprint density at radius 1 is 1.09 bits per heavy atom. The van der Waals surface area contributed by atoms with E-state index in [0.717, 1.165) is 22.6 Å². The summed E-state index contributed by atoms with van der Waals surface area (Å²) < 4.78 is 5.91. The van der Waals surface area contributed by atoms with Gasteiger partial charge in [0.1, 0.15) is 11.9 Å². The predicted molar refractivity (Wildman–Crippen MR) is 136 cm³/mol. The standard InChI is InChI=1S/C29H39NO5/c1-18-8-6-9-19(2)27(33)20(3)28(34)29(4,5)25(31)17-26(32)35-24(14-11-18)22-13-12-21-10-7-15-30-23(21)16-22/h6-8,10-12,15-16,19-20,22,24-25,27,31,33H,9,13-14,17H2,1-5H3/b8-6+,18-11-/t19-,20+,22?,24-,25-,27-/m0/s1. The molecule has 2 heterocycles. The summed E-state index contributed by atoms with van der Waals surface area (Å²) in [4.78, 5) is 30.6. The number of aliphatic hydroxyl groups is 2. The SMILES string of the molecule is CC1=C/C[C@@H](C2C=c3ncccc3=CC2)OC(=O)C[C@H](O)C(C)(C)C(=O)[C@H](C)[C@@H](O)[C@@H](C)C\C=C\1. The number of carbonyl (C=O) groups is 2. The van der Waals surface area contributed by atoms with Gasteiger partial charge in [0.15, 0.2) is 0 Å². The second-order valence-corrected chi connectivity index (χ2v) is 10.7. The molecule has 0 amide bonds. The van der Waals surface area contributed by atoms with Crippen molar-refractivity contribution in [2.45, 2.75) is 78.6 Å². The first-order valence-electron chi connectivity index (χ1n) is 12.6. The summed E-state index contributed by atoms with van der Waals surface area (Å²) >= 11 is 0. The summed E-state index contributed by atoms with van der Waals surface area (Å²) in [6.45, 7) is 8.84. The number of aliphatic hydroxyl groups excluding tert-OH is 2. The Labute approximate surface area is 208 Å². The van der Waals surface area contributed by atoms with Crippen LogP contribution in [0.2, 0.25) is 0 Å². The minimum atomic E-state index is -1.22. The van der Waals surface area contributed by atoms with Crippen LogP contribution < -0.4 is 10.6 Å². The van der Waals surface area contributed by atoms with Crippen LogP contribution in [0.3, 0.4) is 0 Å². The quantitative estimate of drug-likeness (QED) is 0.599. The van der Waals surface area contributed by atoms with Crippen LogP contribution in [0.25, 0.3) is 12.2 Å². The van der Waals surface area contributed by atoms with E-state index >= 15 is 0 Å². The van der Waals surface area contributed by atoms with E-state index in [0.29, 0.717) is 12.8 Å². The van der Waals surface area contributed by atoms with Gasteiger partial charge in [0.25, 0.3) is 0 Å². The average molecular weight is 482 g/mol. The highest BCUT2D eigenvalue weighted by Gasteiger charge is 2.42. The van der Waals surface area contributed by atoms with Gasteiger partial charge in [-0.25, -0.2) is 0 Å². The molecule has 0 aromatic carbocycles. The molecular weight excluding hydrogens is 442 g/mol. The zero-order valence-electron chi connectivity index (χ0n) is 21.5. The number of cyclic esters (lactones) is 1. The Kier molecular flexibility index (Phi) is 8.84. The molecule has 1 aliphatic heterocycles. The van der Waals surface area contributed by atoms with Gasteiger partial charge in [-0.05, 0) is 37.0 Å². The number of fused-ring (bicyclic) bond motifs is 1. The molecule has 2 aliphatic rings. The van der Waals surface area contributed by atoms with E-state index in [4.69, 9.17) is 4.74 Å². The van der Waals surface area contributed by atoms with Gasteiger partial charge in [-0.15, -0.1) is 0 Å². The van der Waals surface area contributed by atoms with Gasteiger partial charge in [-0.3, -0.25) is 14.6 Å². The lowest BCUT2D eigenvalue weighted by atomic mass is 9.73. The number of pyridine rings is 1. The summed E-state index contributed by atoms with van der Waals surface area (Å²) in [5.74, 6) is -1.65. The maximum absolute atomic E-state index is 13.2. The lowest BCUT2D eigenvalue weighted by Crippen LogP contribution is -2.45. The van der Waals surface area contributed by atoms with Crippen LogP contribution in [0, 0.1) is 23.2 Å². The van der Waals surface area contributed by atoms with Crippen LogP contribution in [-0.4, -0.2) is 45.3 Å². The van der Waals surface area contributed by atoms with E-state index in [1.54, 1.807) is 27.0 Å².